The molecule has 2 aromatic rings. The second kappa shape index (κ2) is 11.1. The number of ether oxygens (including phenoxy) is 3. The molecule has 2 aromatic carbocycles. The number of amides is 1. The number of carbonyl (C=O) groups is 1. The first kappa shape index (κ1) is 25.8. The normalized spacial score (nSPS) is 13.5. The van der Waals surface area contributed by atoms with Crippen LogP contribution in [0.3, 0.4) is 0 Å². The van der Waals surface area contributed by atoms with Gasteiger partial charge in [0.1, 0.15) is 0 Å². The molecule has 0 aromatic heterocycles. The van der Waals surface area contributed by atoms with E-state index in [9.17, 15) is 13.2 Å². The molecule has 0 N–H and O–H groups in total. The molecule has 0 saturated heterocycles. The molecule has 1 amide bonds. The lowest BCUT2D eigenvalue weighted by Gasteiger charge is -2.30. The minimum Gasteiger partial charge on any atom is -0.493 e. The maximum atomic E-state index is 13.2. The van der Waals surface area contributed by atoms with Gasteiger partial charge in [0.05, 0.1) is 26.2 Å². The van der Waals surface area contributed by atoms with Crippen molar-refractivity contribution in [2.75, 3.05) is 45.9 Å². The highest BCUT2D eigenvalue weighted by molar-refractivity contribution is 7.89. The molecule has 34 heavy (non-hydrogen) atoms. The first-order chi connectivity index (χ1) is 16.3. The third kappa shape index (κ3) is 5.15. The Bertz CT molecular complexity index is 1100. The van der Waals surface area contributed by atoms with Gasteiger partial charge in [-0.2, -0.15) is 4.31 Å². The van der Waals surface area contributed by atoms with Gasteiger partial charge in [-0.25, -0.2) is 8.42 Å². The van der Waals surface area contributed by atoms with E-state index in [-0.39, 0.29) is 10.8 Å². The van der Waals surface area contributed by atoms with Crippen molar-refractivity contribution < 1.29 is 27.4 Å². The van der Waals surface area contributed by atoms with Gasteiger partial charge >= 0.3 is 0 Å². The van der Waals surface area contributed by atoms with Gasteiger partial charge in [-0.1, -0.05) is 13.8 Å². The average molecular weight is 491 g/mol. The van der Waals surface area contributed by atoms with E-state index in [1.54, 1.807) is 44.4 Å². The summed E-state index contributed by atoms with van der Waals surface area (Å²) in [4.78, 5) is 15.2. The smallest absolute Gasteiger partial charge is 0.243 e. The molecule has 186 valence electrons. The first-order valence-electron chi connectivity index (χ1n) is 11.5. The summed E-state index contributed by atoms with van der Waals surface area (Å²) in [7, 11) is 1.13. The molecule has 1 aliphatic heterocycles. The van der Waals surface area contributed by atoms with E-state index < -0.39 is 10.0 Å². The Morgan fingerprint density at radius 1 is 1.00 bits per heavy atom. The number of carbonyl (C=O) groups excluding carboxylic acids is 1. The monoisotopic (exact) mass is 490 g/mol. The van der Waals surface area contributed by atoms with Crippen molar-refractivity contribution in [1.29, 1.82) is 0 Å². The molecule has 9 heteroatoms. The molecule has 8 nitrogen and oxygen atoms in total. The van der Waals surface area contributed by atoms with Gasteiger partial charge in [0.2, 0.25) is 21.7 Å². The highest BCUT2D eigenvalue weighted by Crippen LogP contribution is 2.38. The minimum atomic E-state index is -3.54. The topological polar surface area (TPSA) is 85.4 Å². The van der Waals surface area contributed by atoms with Crippen molar-refractivity contribution in [3.8, 4) is 17.2 Å². The van der Waals surface area contributed by atoms with Crippen LogP contribution in [0.4, 0.5) is 5.69 Å². The molecule has 0 radical (unpaired) electrons. The number of hydrogen-bond donors (Lipinski definition) is 0. The molecule has 1 aliphatic rings. The summed E-state index contributed by atoms with van der Waals surface area (Å²) in [6.45, 7) is 5.11. The Morgan fingerprint density at radius 3 is 2.21 bits per heavy atom. The van der Waals surface area contributed by atoms with Crippen LogP contribution >= 0.6 is 0 Å². The SMILES string of the molecule is CCN(CC)S(=O)(=O)c1ccc2c(c1)CCCN2C(=O)CCc1cc(OC)c(OC)c(OC)c1. The largest absolute Gasteiger partial charge is 0.493 e. The third-order valence-electron chi connectivity index (χ3n) is 6.17. The molecule has 1 heterocycles. The van der Waals surface area contributed by atoms with E-state index in [1.807, 2.05) is 26.0 Å². The van der Waals surface area contributed by atoms with E-state index in [1.165, 1.54) is 4.31 Å². The summed E-state index contributed by atoms with van der Waals surface area (Å²) in [6, 6.07) is 8.80. The summed E-state index contributed by atoms with van der Waals surface area (Å²) in [5.41, 5.74) is 2.58. The molecule has 0 fully saturated rings. The molecule has 0 atom stereocenters. The average Bonchev–Trinajstić information content (AvgIpc) is 2.86. The first-order valence-corrected chi connectivity index (χ1v) is 13.0. The van der Waals surface area contributed by atoms with Crippen molar-refractivity contribution in [3.05, 3.63) is 41.5 Å². The fraction of sp³-hybridized carbons (Fsp3) is 0.480. The Labute approximate surface area is 202 Å². The lowest BCUT2D eigenvalue weighted by Crippen LogP contribution is -2.36. The molecular weight excluding hydrogens is 456 g/mol. The van der Waals surface area contributed by atoms with Crippen molar-refractivity contribution in [3.63, 3.8) is 0 Å². The quantitative estimate of drug-likeness (QED) is 0.505. The Hall–Kier alpha value is -2.78. The van der Waals surface area contributed by atoms with Crippen LogP contribution < -0.4 is 19.1 Å². The van der Waals surface area contributed by atoms with E-state index >= 15 is 0 Å². The van der Waals surface area contributed by atoms with Gasteiger partial charge < -0.3 is 19.1 Å². The second-order valence-electron chi connectivity index (χ2n) is 8.06. The summed E-state index contributed by atoms with van der Waals surface area (Å²) in [5, 5.41) is 0. The van der Waals surface area contributed by atoms with Crippen molar-refractivity contribution in [1.82, 2.24) is 4.31 Å². The second-order valence-corrected chi connectivity index (χ2v) is 10.0. The molecule has 0 unspecified atom stereocenters. The predicted octanol–water partition coefficient (Wildman–Crippen LogP) is 3.65. The Kier molecular flexibility index (Phi) is 8.43. The number of methoxy groups -OCH3 is 3. The number of fused-ring (bicyclic) bond motifs is 1. The zero-order valence-electron chi connectivity index (χ0n) is 20.6. The lowest BCUT2D eigenvalue weighted by atomic mass is 10.0. The van der Waals surface area contributed by atoms with Crippen LogP contribution in [0.2, 0.25) is 0 Å². The van der Waals surface area contributed by atoms with E-state index in [0.717, 1.165) is 29.7 Å². The molecule has 3 rings (SSSR count). The summed E-state index contributed by atoms with van der Waals surface area (Å²) in [6.07, 6.45) is 2.35. The molecule has 0 aliphatic carbocycles. The van der Waals surface area contributed by atoms with Gasteiger partial charge in [-0.05, 0) is 60.7 Å². The van der Waals surface area contributed by atoms with Crippen molar-refractivity contribution in [2.45, 2.75) is 44.4 Å². The summed E-state index contributed by atoms with van der Waals surface area (Å²) < 4.78 is 43.5. The fourth-order valence-electron chi connectivity index (χ4n) is 4.37. The van der Waals surface area contributed by atoms with E-state index in [0.29, 0.717) is 49.7 Å². The van der Waals surface area contributed by atoms with Gasteiger partial charge in [0.25, 0.3) is 0 Å². The lowest BCUT2D eigenvalue weighted by molar-refractivity contribution is -0.118. The molecule has 0 spiro atoms. The highest BCUT2D eigenvalue weighted by atomic mass is 32.2. The number of rotatable bonds is 10. The van der Waals surface area contributed by atoms with Gasteiger partial charge in [-0.15, -0.1) is 0 Å². The predicted molar refractivity (Wildman–Crippen MR) is 132 cm³/mol. The van der Waals surface area contributed by atoms with Crippen LogP contribution in [0.5, 0.6) is 17.2 Å². The van der Waals surface area contributed by atoms with Crippen molar-refractivity contribution in [2.24, 2.45) is 0 Å². The Morgan fingerprint density at radius 2 is 1.65 bits per heavy atom. The number of anilines is 1. The minimum absolute atomic E-state index is 0.00551. The van der Waals surface area contributed by atoms with Gasteiger partial charge in [-0.3, -0.25) is 4.79 Å². The maximum Gasteiger partial charge on any atom is 0.243 e. The third-order valence-corrected chi connectivity index (χ3v) is 8.21. The van der Waals surface area contributed by atoms with Crippen LogP contribution in [0.1, 0.15) is 37.8 Å². The number of aryl methyl sites for hydroxylation is 2. The van der Waals surface area contributed by atoms with Crippen LogP contribution in [0, 0.1) is 0 Å². The van der Waals surface area contributed by atoms with E-state index in [2.05, 4.69) is 0 Å². The molecule has 0 saturated carbocycles. The van der Waals surface area contributed by atoms with Crippen LogP contribution in [0.25, 0.3) is 0 Å². The van der Waals surface area contributed by atoms with Gasteiger partial charge in [0.15, 0.2) is 11.5 Å². The van der Waals surface area contributed by atoms with Crippen molar-refractivity contribution >= 4 is 21.6 Å². The van der Waals surface area contributed by atoms with Gasteiger partial charge in [0, 0.05) is 31.7 Å². The maximum absolute atomic E-state index is 13.2. The summed E-state index contributed by atoms with van der Waals surface area (Å²) in [5.74, 6) is 1.61. The fourth-order valence-corrected chi connectivity index (χ4v) is 5.88. The van der Waals surface area contributed by atoms with Crippen LogP contribution in [0.15, 0.2) is 35.2 Å². The number of hydrogen-bond acceptors (Lipinski definition) is 6. The highest BCUT2D eigenvalue weighted by Gasteiger charge is 2.27. The standard InChI is InChI=1S/C25H34N2O6S/c1-6-26(7-2)34(29,30)20-11-12-21-19(17-20)9-8-14-27(21)24(28)13-10-18-15-22(31-3)25(33-5)23(16-18)32-4/h11-12,15-17H,6-10,13-14H2,1-5H3. The molecule has 0 bridgehead atoms. The zero-order valence-corrected chi connectivity index (χ0v) is 21.4. The summed E-state index contributed by atoms with van der Waals surface area (Å²) >= 11 is 0. The molecular formula is C25H34N2O6S. The van der Waals surface area contributed by atoms with E-state index in [4.69, 9.17) is 14.2 Å². The zero-order chi connectivity index (χ0) is 24.9. The Balaban J connectivity index is 1.80. The number of benzene rings is 2. The number of nitrogens with zero attached hydrogens (tertiary/aromatic N) is 2. The number of sulfonamides is 1. The van der Waals surface area contributed by atoms with Crippen LogP contribution in [-0.2, 0) is 27.7 Å². The van der Waals surface area contributed by atoms with Crippen LogP contribution in [-0.4, -0.2) is 59.6 Å².